The van der Waals surface area contributed by atoms with Crippen LogP contribution < -0.4 is 4.74 Å². The third-order valence-electron chi connectivity index (χ3n) is 3.90. The van der Waals surface area contributed by atoms with Crippen LogP contribution in [0, 0.1) is 19.7 Å². The number of carbonyl (C=O) groups is 2. The minimum atomic E-state index is -4.40. The fourth-order valence-electron chi connectivity index (χ4n) is 2.60. The van der Waals surface area contributed by atoms with Gasteiger partial charge in [0.1, 0.15) is 18.1 Å². The highest BCUT2D eigenvalue weighted by Crippen LogP contribution is 2.24. The summed E-state index contributed by atoms with van der Waals surface area (Å²) in [5.74, 6) is -1.69. The Labute approximate surface area is 147 Å². The number of benzene rings is 1. The molecular formula is C18H17F4NO3. The summed E-state index contributed by atoms with van der Waals surface area (Å²) in [5.41, 5.74) is 0.513. The number of rotatable bonds is 6. The van der Waals surface area contributed by atoms with Gasteiger partial charge in [-0.25, -0.2) is 4.39 Å². The van der Waals surface area contributed by atoms with Gasteiger partial charge >= 0.3 is 6.18 Å². The van der Waals surface area contributed by atoms with E-state index in [0.29, 0.717) is 5.69 Å². The van der Waals surface area contributed by atoms with E-state index in [-0.39, 0.29) is 22.6 Å². The standard InChI is InChI=1S/C18H17F4NO3/c1-10-6-15(11(2)23(10)9-18(20,21)22)17(25)8-26-13-4-5-14(12(3)24)16(19)7-13/h4-7H,8-9H2,1-3H3. The molecule has 0 spiro atoms. The number of aryl methyl sites for hydroxylation is 1. The Balaban J connectivity index is 2.12. The van der Waals surface area contributed by atoms with Gasteiger partial charge in [-0.15, -0.1) is 0 Å². The topological polar surface area (TPSA) is 48.3 Å². The van der Waals surface area contributed by atoms with E-state index in [1.807, 2.05) is 0 Å². The van der Waals surface area contributed by atoms with Gasteiger partial charge in [-0.05, 0) is 39.0 Å². The minimum Gasteiger partial charge on any atom is -0.485 e. The number of aromatic nitrogens is 1. The number of alkyl halides is 3. The predicted octanol–water partition coefficient (Wildman–Crippen LogP) is 4.27. The zero-order valence-corrected chi connectivity index (χ0v) is 14.4. The van der Waals surface area contributed by atoms with Crippen LogP contribution in [0.4, 0.5) is 17.6 Å². The van der Waals surface area contributed by atoms with E-state index < -0.39 is 36.7 Å². The lowest BCUT2D eigenvalue weighted by molar-refractivity contribution is -0.141. The van der Waals surface area contributed by atoms with E-state index in [9.17, 15) is 27.2 Å². The van der Waals surface area contributed by atoms with E-state index in [0.717, 1.165) is 10.6 Å². The lowest BCUT2D eigenvalue weighted by Gasteiger charge is -2.12. The first-order valence-electron chi connectivity index (χ1n) is 7.69. The second kappa shape index (κ2) is 7.31. The summed E-state index contributed by atoms with van der Waals surface area (Å²) >= 11 is 0. The van der Waals surface area contributed by atoms with Crippen LogP contribution in [-0.2, 0) is 6.54 Å². The van der Waals surface area contributed by atoms with Gasteiger partial charge in [0.25, 0.3) is 0 Å². The number of halogens is 4. The third-order valence-corrected chi connectivity index (χ3v) is 3.90. The molecule has 0 saturated carbocycles. The summed E-state index contributed by atoms with van der Waals surface area (Å²) in [6.07, 6.45) is -4.40. The van der Waals surface area contributed by atoms with Crippen molar-refractivity contribution in [2.24, 2.45) is 0 Å². The first-order valence-corrected chi connectivity index (χ1v) is 7.69. The molecule has 0 aliphatic heterocycles. The molecule has 1 aromatic heterocycles. The van der Waals surface area contributed by atoms with E-state index in [2.05, 4.69) is 0 Å². The second-order valence-electron chi connectivity index (χ2n) is 5.90. The van der Waals surface area contributed by atoms with Crippen LogP contribution in [0.5, 0.6) is 5.75 Å². The molecule has 1 heterocycles. The van der Waals surface area contributed by atoms with E-state index in [4.69, 9.17) is 4.74 Å². The van der Waals surface area contributed by atoms with Crippen LogP contribution in [0.25, 0.3) is 0 Å². The van der Waals surface area contributed by atoms with Crippen LogP contribution in [0.1, 0.15) is 39.0 Å². The van der Waals surface area contributed by atoms with Crippen LogP contribution >= 0.6 is 0 Å². The molecule has 4 nitrogen and oxygen atoms in total. The molecule has 0 radical (unpaired) electrons. The van der Waals surface area contributed by atoms with Gasteiger partial charge in [0.2, 0.25) is 5.78 Å². The normalized spacial score (nSPS) is 11.5. The highest BCUT2D eigenvalue weighted by molar-refractivity contribution is 5.98. The molecule has 0 aliphatic carbocycles. The maximum absolute atomic E-state index is 13.7. The molecule has 8 heteroatoms. The highest BCUT2D eigenvalue weighted by Gasteiger charge is 2.30. The maximum atomic E-state index is 13.7. The van der Waals surface area contributed by atoms with Gasteiger partial charge in [-0.1, -0.05) is 0 Å². The molecule has 0 bridgehead atoms. The lowest BCUT2D eigenvalue weighted by Crippen LogP contribution is -2.20. The highest BCUT2D eigenvalue weighted by atomic mass is 19.4. The van der Waals surface area contributed by atoms with Gasteiger partial charge in [-0.3, -0.25) is 9.59 Å². The zero-order valence-electron chi connectivity index (χ0n) is 14.4. The third kappa shape index (κ3) is 4.50. The molecule has 0 unspecified atom stereocenters. The number of Topliss-reactive ketones (excluding diaryl/α,β-unsaturated/α-hetero) is 2. The van der Waals surface area contributed by atoms with Crippen molar-refractivity contribution >= 4 is 11.6 Å². The number of ether oxygens (including phenoxy) is 1. The summed E-state index contributed by atoms with van der Waals surface area (Å²) in [6.45, 7) is 2.48. The molecule has 2 rings (SSSR count). The molecule has 0 aliphatic rings. The first-order chi connectivity index (χ1) is 12.0. The average Bonchev–Trinajstić information content (AvgIpc) is 2.79. The Hall–Kier alpha value is -2.64. The maximum Gasteiger partial charge on any atom is 0.406 e. The number of ketones is 2. The van der Waals surface area contributed by atoms with Crippen LogP contribution in [0.3, 0.4) is 0 Å². The molecular weight excluding hydrogens is 354 g/mol. The van der Waals surface area contributed by atoms with Crippen molar-refractivity contribution in [1.29, 1.82) is 0 Å². The van der Waals surface area contributed by atoms with Crippen molar-refractivity contribution in [1.82, 2.24) is 4.57 Å². The summed E-state index contributed by atoms with van der Waals surface area (Å²) < 4.78 is 57.8. The molecule has 0 N–H and O–H groups in total. The second-order valence-corrected chi connectivity index (χ2v) is 5.90. The van der Waals surface area contributed by atoms with Crippen molar-refractivity contribution in [2.75, 3.05) is 6.61 Å². The number of hydrogen-bond donors (Lipinski definition) is 0. The fraction of sp³-hybridized carbons (Fsp3) is 0.333. The monoisotopic (exact) mass is 371 g/mol. The number of carbonyl (C=O) groups excluding carboxylic acids is 2. The Morgan fingerprint density at radius 1 is 1.12 bits per heavy atom. The van der Waals surface area contributed by atoms with Crippen molar-refractivity contribution < 1.29 is 31.9 Å². The van der Waals surface area contributed by atoms with Crippen LogP contribution in [0.15, 0.2) is 24.3 Å². The van der Waals surface area contributed by atoms with Crippen molar-refractivity contribution in [3.8, 4) is 5.75 Å². The van der Waals surface area contributed by atoms with Gasteiger partial charge in [0.15, 0.2) is 12.4 Å². The molecule has 0 atom stereocenters. The van der Waals surface area contributed by atoms with E-state index in [1.54, 1.807) is 0 Å². The molecule has 0 amide bonds. The Morgan fingerprint density at radius 3 is 2.31 bits per heavy atom. The van der Waals surface area contributed by atoms with Gasteiger partial charge < -0.3 is 9.30 Å². The average molecular weight is 371 g/mol. The predicted molar refractivity (Wildman–Crippen MR) is 86.2 cm³/mol. The molecule has 140 valence electrons. The van der Waals surface area contributed by atoms with Gasteiger partial charge in [0, 0.05) is 23.0 Å². The fourth-order valence-corrected chi connectivity index (χ4v) is 2.60. The summed E-state index contributed by atoms with van der Waals surface area (Å²) in [4.78, 5) is 23.4. The Kier molecular flexibility index (Phi) is 5.53. The smallest absolute Gasteiger partial charge is 0.406 e. The molecule has 1 aromatic carbocycles. The summed E-state index contributed by atoms with van der Waals surface area (Å²) in [6, 6.07) is 4.94. The zero-order chi connectivity index (χ0) is 19.6. The SMILES string of the molecule is CC(=O)c1ccc(OCC(=O)c2cc(C)n(CC(F)(F)F)c2C)cc1F. The van der Waals surface area contributed by atoms with E-state index >= 15 is 0 Å². The lowest BCUT2D eigenvalue weighted by atomic mass is 10.1. The van der Waals surface area contributed by atoms with Crippen molar-refractivity contribution in [2.45, 2.75) is 33.5 Å². The van der Waals surface area contributed by atoms with Crippen LogP contribution in [-0.4, -0.2) is 28.9 Å². The summed E-state index contributed by atoms with van der Waals surface area (Å²) in [5, 5.41) is 0. The number of hydrogen-bond acceptors (Lipinski definition) is 3. The van der Waals surface area contributed by atoms with Gasteiger partial charge in [-0.2, -0.15) is 13.2 Å². The molecule has 2 aromatic rings. The molecule has 0 saturated heterocycles. The molecule has 26 heavy (non-hydrogen) atoms. The molecule has 0 fully saturated rings. The van der Waals surface area contributed by atoms with Gasteiger partial charge in [0.05, 0.1) is 5.56 Å². The quantitative estimate of drug-likeness (QED) is 0.563. The first kappa shape index (κ1) is 19.7. The van der Waals surface area contributed by atoms with E-state index in [1.165, 1.54) is 39.0 Å². The Morgan fingerprint density at radius 2 is 1.77 bits per heavy atom. The van der Waals surface area contributed by atoms with Crippen molar-refractivity contribution in [3.05, 3.63) is 52.6 Å². The van der Waals surface area contributed by atoms with Crippen LogP contribution in [0.2, 0.25) is 0 Å². The minimum absolute atomic E-state index is 0.0462. The number of nitrogens with zero attached hydrogens (tertiary/aromatic N) is 1. The largest absolute Gasteiger partial charge is 0.485 e. The summed E-state index contributed by atoms with van der Waals surface area (Å²) in [7, 11) is 0. The van der Waals surface area contributed by atoms with Crippen molar-refractivity contribution in [3.63, 3.8) is 0 Å². The Bertz CT molecular complexity index is 853.